The second-order valence-corrected chi connectivity index (χ2v) is 6.78. The van der Waals surface area contributed by atoms with Crippen molar-refractivity contribution in [1.82, 2.24) is 14.7 Å². The quantitative estimate of drug-likeness (QED) is 0.781. The second kappa shape index (κ2) is 6.51. The van der Waals surface area contributed by atoms with E-state index in [1.165, 1.54) is 6.92 Å². The Morgan fingerprint density at radius 2 is 2.04 bits per heavy atom. The summed E-state index contributed by atoms with van der Waals surface area (Å²) >= 11 is 0. The van der Waals surface area contributed by atoms with Gasteiger partial charge < -0.3 is 15.7 Å². The van der Waals surface area contributed by atoms with Crippen molar-refractivity contribution < 1.29 is 14.7 Å². The summed E-state index contributed by atoms with van der Waals surface area (Å²) in [6.07, 6.45) is 2.56. The van der Waals surface area contributed by atoms with Gasteiger partial charge in [0.2, 0.25) is 0 Å². The summed E-state index contributed by atoms with van der Waals surface area (Å²) in [7, 11) is 0. The van der Waals surface area contributed by atoms with Crippen LogP contribution in [-0.4, -0.2) is 37.9 Å². The zero-order valence-corrected chi connectivity index (χ0v) is 14.7. The lowest BCUT2D eigenvalue weighted by atomic mass is 10.1. The molecular formula is C17H24N4O3. The number of carbonyl (C=O) groups excluding carboxylic acids is 1. The van der Waals surface area contributed by atoms with Crippen molar-refractivity contribution >= 4 is 23.3 Å². The molecule has 0 fully saturated rings. The second-order valence-electron chi connectivity index (χ2n) is 6.78. The molecule has 1 amide bonds. The van der Waals surface area contributed by atoms with E-state index in [-0.39, 0.29) is 5.54 Å². The maximum atomic E-state index is 12.4. The number of rotatable bonds is 5. The van der Waals surface area contributed by atoms with Gasteiger partial charge in [-0.1, -0.05) is 6.92 Å². The highest BCUT2D eigenvalue weighted by Gasteiger charge is 2.22. The first-order chi connectivity index (χ1) is 11.1. The van der Waals surface area contributed by atoms with E-state index in [2.05, 4.69) is 36.4 Å². The number of carboxylic acids is 1. The van der Waals surface area contributed by atoms with E-state index >= 15 is 0 Å². The van der Waals surface area contributed by atoms with Crippen molar-refractivity contribution in [2.75, 3.05) is 5.32 Å². The SMILES string of the molecule is CCc1nc2c(C(=O)NC(C)C(=O)O)cccn2c1NC(C)(C)C. The van der Waals surface area contributed by atoms with Gasteiger partial charge in [-0.25, -0.2) is 4.98 Å². The van der Waals surface area contributed by atoms with Crippen LogP contribution in [0.5, 0.6) is 0 Å². The van der Waals surface area contributed by atoms with Crippen LogP contribution in [0.1, 0.15) is 50.7 Å². The number of hydrogen-bond acceptors (Lipinski definition) is 4. The lowest BCUT2D eigenvalue weighted by molar-refractivity contribution is -0.138. The van der Waals surface area contributed by atoms with E-state index < -0.39 is 17.9 Å². The van der Waals surface area contributed by atoms with E-state index in [4.69, 9.17) is 5.11 Å². The molecule has 0 saturated carbocycles. The molecule has 1 atom stereocenters. The van der Waals surface area contributed by atoms with Gasteiger partial charge in [-0.2, -0.15) is 0 Å². The number of aromatic nitrogens is 2. The Bertz CT molecular complexity index is 774. The van der Waals surface area contributed by atoms with Gasteiger partial charge in [0.15, 0.2) is 5.65 Å². The Morgan fingerprint density at radius 1 is 1.38 bits per heavy atom. The molecule has 0 aliphatic rings. The minimum Gasteiger partial charge on any atom is -0.480 e. The average molecular weight is 332 g/mol. The van der Waals surface area contributed by atoms with Gasteiger partial charge in [-0.05, 0) is 46.2 Å². The van der Waals surface area contributed by atoms with Crippen molar-refractivity contribution in [3.8, 4) is 0 Å². The average Bonchev–Trinajstić information content (AvgIpc) is 2.83. The molecule has 1 unspecified atom stereocenters. The van der Waals surface area contributed by atoms with E-state index in [9.17, 15) is 9.59 Å². The molecule has 2 aromatic rings. The smallest absolute Gasteiger partial charge is 0.325 e. The first kappa shape index (κ1) is 17.8. The zero-order chi connectivity index (χ0) is 18.1. The number of aliphatic carboxylic acids is 1. The molecule has 3 N–H and O–H groups in total. The van der Waals surface area contributed by atoms with Crippen LogP contribution in [0.2, 0.25) is 0 Å². The normalized spacial score (nSPS) is 12.9. The Hall–Kier alpha value is -2.57. The van der Waals surface area contributed by atoms with Crippen molar-refractivity contribution in [3.05, 3.63) is 29.6 Å². The van der Waals surface area contributed by atoms with Gasteiger partial charge in [0, 0.05) is 11.7 Å². The summed E-state index contributed by atoms with van der Waals surface area (Å²) in [5.41, 5.74) is 1.56. The summed E-state index contributed by atoms with van der Waals surface area (Å²) in [6.45, 7) is 9.59. The van der Waals surface area contributed by atoms with Crippen LogP contribution in [0.4, 0.5) is 5.82 Å². The topological polar surface area (TPSA) is 95.7 Å². The number of hydrogen-bond donors (Lipinski definition) is 3. The van der Waals surface area contributed by atoms with Crippen molar-refractivity contribution in [1.29, 1.82) is 0 Å². The molecule has 2 aromatic heterocycles. The molecule has 0 aromatic carbocycles. The van der Waals surface area contributed by atoms with Gasteiger partial charge in [0.05, 0.1) is 11.3 Å². The van der Waals surface area contributed by atoms with Gasteiger partial charge in [0.1, 0.15) is 11.9 Å². The third-order valence-corrected chi connectivity index (χ3v) is 3.51. The van der Waals surface area contributed by atoms with Crippen molar-refractivity contribution in [2.24, 2.45) is 0 Å². The maximum Gasteiger partial charge on any atom is 0.325 e. The molecule has 7 heteroatoms. The molecule has 2 rings (SSSR count). The molecule has 0 aliphatic heterocycles. The minimum absolute atomic E-state index is 0.157. The van der Waals surface area contributed by atoms with E-state index in [0.29, 0.717) is 17.6 Å². The van der Waals surface area contributed by atoms with Crippen molar-refractivity contribution in [2.45, 2.75) is 52.6 Å². The fourth-order valence-electron chi connectivity index (χ4n) is 2.36. The number of nitrogens with one attached hydrogen (secondary N) is 2. The van der Waals surface area contributed by atoms with E-state index in [1.807, 2.05) is 17.5 Å². The number of amides is 1. The first-order valence-electron chi connectivity index (χ1n) is 7.96. The minimum atomic E-state index is -1.08. The monoisotopic (exact) mass is 332 g/mol. The highest BCUT2D eigenvalue weighted by atomic mass is 16.4. The van der Waals surface area contributed by atoms with E-state index in [1.54, 1.807) is 12.1 Å². The molecule has 0 bridgehead atoms. The largest absolute Gasteiger partial charge is 0.480 e. The molecule has 0 saturated heterocycles. The lowest BCUT2D eigenvalue weighted by Crippen LogP contribution is -2.38. The fourth-order valence-corrected chi connectivity index (χ4v) is 2.36. The van der Waals surface area contributed by atoms with E-state index in [0.717, 1.165) is 11.5 Å². The molecule has 0 spiro atoms. The number of fused-ring (bicyclic) bond motifs is 1. The van der Waals surface area contributed by atoms with Gasteiger partial charge in [-0.3, -0.25) is 14.0 Å². The van der Waals surface area contributed by atoms with Crippen LogP contribution in [0.15, 0.2) is 18.3 Å². The van der Waals surface area contributed by atoms with Crippen molar-refractivity contribution in [3.63, 3.8) is 0 Å². The summed E-state index contributed by atoms with van der Waals surface area (Å²) in [6, 6.07) is 2.43. The molecule has 130 valence electrons. The molecular weight excluding hydrogens is 308 g/mol. The Morgan fingerprint density at radius 3 is 2.58 bits per heavy atom. The van der Waals surface area contributed by atoms with Gasteiger partial charge in [0.25, 0.3) is 5.91 Å². The standard InChI is InChI=1S/C17H24N4O3/c1-6-12-14(20-17(3,4)5)21-9-7-8-11(13(21)19-12)15(22)18-10(2)16(23)24/h7-10,20H,6H2,1-5H3,(H,18,22)(H,23,24). The predicted octanol–water partition coefficient (Wildman–Crippen LogP) is 2.31. The summed E-state index contributed by atoms with van der Waals surface area (Å²) in [5.74, 6) is -0.686. The van der Waals surface area contributed by atoms with Crippen LogP contribution < -0.4 is 10.6 Å². The Balaban J connectivity index is 2.50. The summed E-state index contributed by atoms with van der Waals surface area (Å²) < 4.78 is 1.84. The molecule has 24 heavy (non-hydrogen) atoms. The lowest BCUT2D eigenvalue weighted by Gasteiger charge is -2.22. The number of nitrogens with zero attached hydrogens (tertiary/aromatic N) is 2. The molecule has 0 radical (unpaired) electrons. The molecule has 7 nitrogen and oxygen atoms in total. The summed E-state index contributed by atoms with van der Waals surface area (Å²) in [4.78, 5) is 27.9. The number of carboxylic acid groups (broad SMARTS) is 1. The third kappa shape index (κ3) is 3.67. The summed E-state index contributed by atoms with van der Waals surface area (Å²) in [5, 5.41) is 14.9. The van der Waals surface area contributed by atoms with Crippen LogP contribution in [0, 0.1) is 0 Å². The number of pyridine rings is 1. The number of aryl methyl sites for hydroxylation is 1. The Labute approximate surface area is 141 Å². The van der Waals surface area contributed by atoms with Gasteiger partial charge >= 0.3 is 5.97 Å². The molecule has 0 aliphatic carbocycles. The number of anilines is 1. The van der Waals surface area contributed by atoms with Crippen LogP contribution in [0.3, 0.4) is 0 Å². The van der Waals surface area contributed by atoms with Gasteiger partial charge in [-0.15, -0.1) is 0 Å². The highest BCUT2D eigenvalue weighted by Crippen LogP contribution is 2.24. The fraction of sp³-hybridized carbons (Fsp3) is 0.471. The van der Waals surface area contributed by atoms with Crippen LogP contribution in [-0.2, 0) is 11.2 Å². The van der Waals surface area contributed by atoms with Crippen LogP contribution in [0.25, 0.3) is 5.65 Å². The highest BCUT2D eigenvalue weighted by molar-refractivity contribution is 6.01. The predicted molar refractivity (Wildman–Crippen MR) is 92.5 cm³/mol. The van der Waals surface area contributed by atoms with Crippen LogP contribution >= 0.6 is 0 Å². The number of carbonyl (C=O) groups is 2. The third-order valence-electron chi connectivity index (χ3n) is 3.51. The Kier molecular flexibility index (Phi) is 4.82. The maximum absolute atomic E-state index is 12.4. The zero-order valence-electron chi connectivity index (χ0n) is 14.7. The molecule has 2 heterocycles. The first-order valence-corrected chi connectivity index (χ1v) is 7.96. The number of imidazole rings is 1.